The van der Waals surface area contributed by atoms with E-state index in [9.17, 15) is 0 Å². The Kier molecular flexibility index (Phi) is 13.0. The van der Waals surface area contributed by atoms with Crippen LogP contribution in [0.5, 0.6) is 0 Å². The number of hydrogen-bond donors (Lipinski definition) is 2. The average molecular weight is 487 g/mol. The van der Waals surface area contributed by atoms with Crippen LogP contribution in [0.2, 0.25) is 0 Å². The van der Waals surface area contributed by atoms with E-state index in [1.54, 1.807) is 0 Å². The third-order valence-corrected chi connectivity index (χ3v) is 7.24. The van der Waals surface area contributed by atoms with Crippen molar-refractivity contribution in [1.82, 2.24) is 10.6 Å². The molecule has 0 amide bonds. The van der Waals surface area contributed by atoms with Gasteiger partial charge in [0, 0.05) is 36.9 Å². The Morgan fingerprint density at radius 1 is 0.765 bits per heavy atom. The summed E-state index contributed by atoms with van der Waals surface area (Å²) in [4.78, 5) is 0. The van der Waals surface area contributed by atoms with Crippen molar-refractivity contribution >= 4 is 0 Å². The van der Waals surface area contributed by atoms with E-state index in [2.05, 4.69) is 86.8 Å². The molecule has 0 aliphatic heterocycles. The zero-order valence-corrected chi connectivity index (χ0v) is 24.4. The second-order valence-corrected chi connectivity index (χ2v) is 13.4. The molecule has 6 heteroatoms. The van der Waals surface area contributed by atoms with Crippen LogP contribution in [0.4, 0.5) is 0 Å². The SMILES string of the molecule is C[C@H](OCCCOCCNC(C)(C)C)C(C)(C)C(C)(C)COCCOC1CC(NC(C)(C)C)C1. The molecule has 1 rings (SSSR count). The minimum atomic E-state index is -0.0227. The highest BCUT2D eigenvalue weighted by Gasteiger charge is 2.42. The Morgan fingerprint density at radius 3 is 2.00 bits per heavy atom. The van der Waals surface area contributed by atoms with Gasteiger partial charge in [0.05, 0.1) is 38.6 Å². The molecule has 2 N–H and O–H groups in total. The van der Waals surface area contributed by atoms with Crippen molar-refractivity contribution in [3.63, 3.8) is 0 Å². The highest BCUT2D eigenvalue weighted by Crippen LogP contribution is 2.42. The lowest BCUT2D eigenvalue weighted by Gasteiger charge is -2.45. The average Bonchev–Trinajstić information content (AvgIpc) is 2.65. The molecule has 0 radical (unpaired) electrons. The Hall–Kier alpha value is -0.240. The van der Waals surface area contributed by atoms with Crippen molar-refractivity contribution < 1.29 is 18.9 Å². The molecule has 1 atom stereocenters. The van der Waals surface area contributed by atoms with Crippen molar-refractivity contribution in [2.75, 3.05) is 46.2 Å². The summed E-state index contributed by atoms with van der Waals surface area (Å²) in [5.41, 5.74) is 0.279. The van der Waals surface area contributed by atoms with Crippen LogP contribution in [0.3, 0.4) is 0 Å². The Labute approximate surface area is 211 Å². The smallest absolute Gasteiger partial charge is 0.0704 e. The molecule has 34 heavy (non-hydrogen) atoms. The van der Waals surface area contributed by atoms with Crippen LogP contribution in [0.1, 0.15) is 95.4 Å². The van der Waals surface area contributed by atoms with Crippen LogP contribution in [0.25, 0.3) is 0 Å². The first-order valence-corrected chi connectivity index (χ1v) is 13.4. The van der Waals surface area contributed by atoms with Crippen LogP contribution in [0.15, 0.2) is 0 Å². The maximum absolute atomic E-state index is 6.20. The van der Waals surface area contributed by atoms with Crippen LogP contribution in [0, 0.1) is 10.8 Å². The fraction of sp³-hybridized carbons (Fsp3) is 1.00. The molecule has 204 valence electrons. The monoisotopic (exact) mass is 486 g/mol. The highest BCUT2D eigenvalue weighted by atomic mass is 16.5. The standard InChI is InChI=1S/C28H58N2O4/c1-22(33-15-12-14-31-16-13-29-25(2,3)4)28(10,11)27(8,9)21-32-17-18-34-24-19-23(20-24)30-26(5,6)7/h22-24,29-30H,12-21H2,1-11H3/t22-,23?,24?/m0/s1. The summed E-state index contributed by atoms with van der Waals surface area (Å²) >= 11 is 0. The number of rotatable bonds is 17. The molecule has 0 spiro atoms. The van der Waals surface area contributed by atoms with Crippen molar-refractivity contribution in [3.05, 3.63) is 0 Å². The summed E-state index contributed by atoms with van der Waals surface area (Å²) in [5.74, 6) is 0. The molecule has 1 aliphatic carbocycles. The third-order valence-electron chi connectivity index (χ3n) is 7.24. The van der Waals surface area contributed by atoms with Gasteiger partial charge in [-0.1, -0.05) is 27.7 Å². The van der Waals surface area contributed by atoms with Gasteiger partial charge in [-0.05, 0) is 78.6 Å². The summed E-state index contributed by atoms with van der Waals surface area (Å²) in [5, 5.41) is 7.07. The molecule has 0 aromatic heterocycles. The van der Waals surface area contributed by atoms with Crippen molar-refractivity contribution in [2.45, 2.75) is 125 Å². The Morgan fingerprint density at radius 2 is 1.41 bits per heavy atom. The number of nitrogens with one attached hydrogen (secondary N) is 2. The number of hydrogen-bond acceptors (Lipinski definition) is 6. The van der Waals surface area contributed by atoms with E-state index in [1.165, 1.54) is 0 Å². The summed E-state index contributed by atoms with van der Waals surface area (Å²) in [7, 11) is 0. The first kappa shape index (κ1) is 31.8. The molecule has 0 saturated heterocycles. The van der Waals surface area contributed by atoms with E-state index < -0.39 is 0 Å². The molecule has 0 unspecified atom stereocenters. The van der Waals surface area contributed by atoms with Gasteiger partial charge < -0.3 is 29.6 Å². The van der Waals surface area contributed by atoms with Gasteiger partial charge in [0.25, 0.3) is 0 Å². The second-order valence-electron chi connectivity index (χ2n) is 13.4. The molecule has 1 fully saturated rings. The van der Waals surface area contributed by atoms with E-state index in [1.807, 2.05) is 0 Å². The van der Waals surface area contributed by atoms with Crippen molar-refractivity contribution in [1.29, 1.82) is 0 Å². The molecule has 0 aromatic carbocycles. The van der Waals surface area contributed by atoms with Gasteiger partial charge in [0.2, 0.25) is 0 Å². The summed E-state index contributed by atoms with van der Waals surface area (Å²) in [6.45, 7) is 29.5. The topological polar surface area (TPSA) is 61.0 Å². The van der Waals surface area contributed by atoms with E-state index in [0.29, 0.717) is 38.6 Å². The van der Waals surface area contributed by atoms with Crippen LogP contribution >= 0.6 is 0 Å². The van der Waals surface area contributed by atoms with Crippen molar-refractivity contribution in [2.24, 2.45) is 10.8 Å². The van der Waals surface area contributed by atoms with E-state index in [0.717, 1.165) is 39.0 Å². The summed E-state index contributed by atoms with van der Waals surface area (Å²) < 4.78 is 23.9. The zero-order chi connectivity index (χ0) is 26.0. The maximum Gasteiger partial charge on any atom is 0.0704 e. The Balaban J connectivity index is 2.15. The highest BCUT2D eigenvalue weighted by molar-refractivity contribution is 4.91. The summed E-state index contributed by atoms with van der Waals surface area (Å²) in [6, 6.07) is 0.587. The Bertz CT molecular complexity index is 546. The van der Waals surface area contributed by atoms with Gasteiger partial charge >= 0.3 is 0 Å². The second kappa shape index (κ2) is 13.9. The van der Waals surface area contributed by atoms with Gasteiger partial charge in [0.1, 0.15) is 0 Å². The molecule has 0 bridgehead atoms. The van der Waals surface area contributed by atoms with Crippen LogP contribution < -0.4 is 10.6 Å². The molecule has 6 nitrogen and oxygen atoms in total. The third kappa shape index (κ3) is 12.6. The van der Waals surface area contributed by atoms with Gasteiger partial charge in [-0.25, -0.2) is 0 Å². The minimum absolute atomic E-state index is 0.0142. The van der Waals surface area contributed by atoms with Crippen LogP contribution in [-0.4, -0.2) is 75.5 Å². The van der Waals surface area contributed by atoms with E-state index >= 15 is 0 Å². The lowest BCUT2D eigenvalue weighted by molar-refractivity contribution is -0.110. The first-order chi connectivity index (χ1) is 15.5. The molecule has 1 aliphatic rings. The van der Waals surface area contributed by atoms with Gasteiger partial charge in [-0.3, -0.25) is 0 Å². The van der Waals surface area contributed by atoms with Gasteiger partial charge in [-0.15, -0.1) is 0 Å². The van der Waals surface area contributed by atoms with Gasteiger partial charge in [-0.2, -0.15) is 0 Å². The fourth-order valence-electron chi connectivity index (χ4n) is 4.00. The normalized spacial score (nSPS) is 20.9. The molecule has 0 aromatic rings. The largest absolute Gasteiger partial charge is 0.380 e. The zero-order valence-electron chi connectivity index (χ0n) is 24.4. The minimum Gasteiger partial charge on any atom is -0.380 e. The lowest BCUT2D eigenvalue weighted by Crippen LogP contribution is -2.52. The van der Waals surface area contributed by atoms with Gasteiger partial charge in [0.15, 0.2) is 0 Å². The maximum atomic E-state index is 6.20. The van der Waals surface area contributed by atoms with E-state index in [4.69, 9.17) is 18.9 Å². The van der Waals surface area contributed by atoms with E-state index in [-0.39, 0.29) is 28.0 Å². The predicted octanol–water partition coefficient (Wildman–Crippen LogP) is 5.19. The molecular weight excluding hydrogens is 428 g/mol. The van der Waals surface area contributed by atoms with Crippen LogP contribution in [-0.2, 0) is 18.9 Å². The summed E-state index contributed by atoms with van der Waals surface area (Å²) in [6.07, 6.45) is 3.62. The van der Waals surface area contributed by atoms with Crippen molar-refractivity contribution in [3.8, 4) is 0 Å². The quantitative estimate of drug-likeness (QED) is 0.276. The predicted molar refractivity (Wildman–Crippen MR) is 143 cm³/mol. The molecular formula is C28H58N2O4. The number of ether oxygens (including phenoxy) is 4. The first-order valence-electron chi connectivity index (χ1n) is 13.4. The molecule has 1 saturated carbocycles. The molecule has 0 heterocycles. The fourth-order valence-corrected chi connectivity index (χ4v) is 4.00. The lowest BCUT2D eigenvalue weighted by atomic mass is 9.65.